The van der Waals surface area contributed by atoms with Crippen molar-refractivity contribution in [3.8, 4) is 5.75 Å². The summed E-state index contributed by atoms with van der Waals surface area (Å²) in [5, 5.41) is 10.5. The quantitative estimate of drug-likeness (QED) is 0.729. The number of aryl methyl sites for hydroxylation is 1. The van der Waals surface area contributed by atoms with E-state index in [1.165, 1.54) is 12.0 Å². The fourth-order valence-electron chi connectivity index (χ4n) is 3.91. The van der Waals surface area contributed by atoms with Crippen LogP contribution in [-0.2, 0) is 6.42 Å². The fourth-order valence-corrected chi connectivity index (χ4v) is 3.91. The number of likely N-dealkylation sites (tertiary alicyclic amines) is 1. The lowest BCUT2D eigenvalue weighted by molar-refractivity contribution is 0.0597. The molecular weight excluding hydrogens is 324 g/mol. The highest BCUT2D eigenvalue weighted by atomic mass is 16.3. The van der Waals surface area contributed by atoms with Crippen LogP contribution in [0.25, 0.3) is 10.9 Å². The maximum atomic E-state index is 13.1. The highest BCUT2D eigenvalue weighted by Gasteiger charge is 2.28. The number of rotatable bonds is 4. The molecule has 0 spiro atoms. The molecule has 4 nitrogen and oxygen atoms in total. The highest BCUT2D eigenvalue weighted by molar-refractivity contribution is 5.98. The van der Waals surface area contributed by atoms with Gasteiger partial charge in [0, 0.05) is 23.5 Å². The number of carbonyl (C=O) groups excluding carboxylic acids is 1. The molecule has 1 aliphatic heterocycles. The molecule has 26 heavy (non-hydrogen) atoms. The zero-order chi connectivity index (χ0) is 17.9. The monoisotopic (exact) mass is 348 g/mol. The molecule has 0 unspecified atom stereocenters. The van der Waals surface area contributed by atoms with Crippen LogP contribution in [0.5, 0.6) is 5.75 Å². The van der Waals surface area contributed by atoms with E-state index in [2.05, 4.69) is 9.88 Å². The number of carbonyl (C=O) groups is 1. The van der Waals surface area contributed by atoms with Crippen LogP contribution >= 0.6 is 0 Å². The Balaban J connectivity index is 1.49. The van der Waals surface area contributed by atoms with E-state index < -0.39 is 0 Å². The van der Waals surface area contributed by atoms with Gasteiger partial charge in [-0.15, -0.1) is 0 Å². The van der Waals surface area contributed by atoms with Gasteiger partial charge in [-0.3, -0.25) is 4.79 Å². The van der Waals surface area contributed by atoms with E-state index in [-0.39, 0.29) is 11.9 Å². The van der Waals surface area contributed by atoms with Gasteiger partial charge in [0.1, 0.15) is 11.4 Å². The first-order chi connectivity index (χ1) is 12.7. The summed E-state index contributed by atoms with van der Waals surface area (Å²) in [6, 6.07) is 17.6. The summed E-state index contributed by atoms with van der Waals surface area (Å²) in [5.41, 5.74) is 2.89. The molecule has 0 bridgehead atoms. The average Bonchev–Trinajstić information content (AvgIpc) is 3.11. The number of aromatic nitrogens is 1. The van der Waals surface area contributed by atoms with Crippen molar-refractivity contribution >= 4 is 16.8 Å². The van der Waals surface area contributed by atoms with Crippen LogP contribution in [0.3, 0.4) is 0 Å². The summed E-state index contributed by atoms with van der Waals surface area (Å²) >= 11 is 0. The molecule has 2 heterocycles. The van der Waals surface area contributed by atoms with E-state index >= 15 is 0 Å². The first-order valence-electron chi connectivity index (χ1n) is 9.37. The van der Waals surface area contributed by atoms with Crippen molar-refractivity contribution in [3.05, 3.63) is 65.9 Å². The number of nitrogens with one attached hydrogen (secondary N) is 1. The normalized spacial score (nSPS) is 17.5. The summed E-state index contributed by atoms with van der Waals surface area (Å²) in [4.78, 5) is 18.4. The average molecular weight is 348 g/mol. The van der Waals surface area contributed by atoms with Crippen molar-refractivity contribution in [2.24, 2.45) is 0 Å². The standard InChI is InChI=1S/C22H24N2O2/c25-19-12-9-16(10-13-19)8-11-18-6-3-4-14-24(18)22(26)21-15-17-5-1-2-7-20(17)23-21/h1-2,5,7,9-10,12-13,15,18,23,25H,3-4,6,8,11,14H2/t18-/m0/s1. The zero-order valence-corrected chi connectivity index (χ0v) is 14.8. The van der Waals surface area contributed by atoms with Gasteiger partial charge in [0.25, 0.3) is 5.91 Å². The molecule has 3 aromatic rings. The van der Waals surface area contributed by atoms with Crippen LogP contribution in [0.15, 0.2) is 54.6 Å². The maximum Gasteiger partial charge on any atom is 0.270 e. The smallest absolute Gasteiger partial charge is 0.270 e. The summed E-state index contributed by atoms with van der Waals surface area (Å²) < 4.78 is 0. The van der Waals surface area contributed by atoms with Crippen LogP contribution < -0.4 is 0 Å². The topological polar surface area (TPSA) is 56.3 Å². The number of phenols is 1. The van der Waals surface area contributed by atoms with Crippen molar-refractivity contribution in [1.82, 2.24) is 9.88 Å². The van der Waals surface area contributed by atoms with Crippen LogP contribution in [-0.4, -0.2) is 33.5 Å². The maximum absolute atomic E-state index is 13.1. The molecule has 0 saturated carbocycles. The number of nitrogens with zero attached hydrogens (tertiary/aromatic N) is 1. The minimum absolute atomic E-state index is 0.108. The molecule has 1 atom stereocenters. The number of benzene rings is 2. The van der Waals surface area contributed by atoms with Crippen LogP contribution in [0.1, 0.15) is 41.7 Å². The minimum Gasteiger partial charge on any atom is -0.508 e. The number of phenolic OH excluding ortho intramolecular Hbond substituents is 1. The third-order valence-electron chi connectivity index (χ3n) is 5.35. The Hall–Kier alpha value is -2.75. The zero-order valence-electron chi connectivity index (χ0n) is 14.8. The molecular formula is C22H24N2O2. The number of piperidine rings is 1. The molecule has 1 amide bonds. The number of amides is 1. The van der Waals surface area contributed by atoms with Gasteiger partial charge >= 0.3 is 0 Å². The van der Waals surface area contributed by atoms with E-state index in [4.69, 9.17) is 0 Å². The van der Waals surface area contributed by atoms with E-state index in [1.807, 2.05) is 42.5 Å². The Bertz CT molecular complexity index is 865. The predicted octanol–water partition coefficient (Wildman–Crippen LogP) is 4.50. The molecule has 1 saturated heterocycles. The molecule has 4 heteroatoms. The summed E-state index contributed by atoms with van der Waals surface area (Å²) in [7, 11) is 0. The molecule has 0 radical (unpaired) electrons. The molecule has 0 aliphatic carbocycles. The number of hydrogen-bond acceptors (Lipinski definition) is 2. The largest absolute Gasteiger partial charge is 0.508 e. The van der Waals surface area contributed by atoms with Crippen molar-refractivity contribution in [2.45, 2.75) is 38.1 Å². The second-order valence-corrected chi connectivity index (χ2v) is 7.12. The van der Waals surface area contributed by atoms with Gasteiger partial charge in [0.2, 0.25) is 0 Å². The molecule has 1 fully saturated rings. The lowest BCUT2D eigenvalue weighted by Crippen LogP contribution is -2.44. The molecule has 2 aromatic carbocycles. The number of para-hydroxylation sites is 1. The van der Waals surface area contributed by atoms with Gasteiger partial charge in [0.15, 0.2) is 0 Å². The second-order valence-electron chi connectivity index (χ2n) is 7.12. The lowest BCUT2D eigenvalue weighted by Gasteiger charge is -2.35. The fraction of sp³-hybridized carbons (Fsp3) is 0.318. The van der Waals surface area contributed by atoms with E-state index in [9.17, 15) is 9.90 Å². The Morgan fingerprint density at radius 3 is 2.73 bits per heavy atom. The van der Waals surface area contributed by atoms with Crippen molar-refractivity contribution < 1.29 is 9.90 Å². The van der Waals surface area contributed by atoms with Crippen molar-refractivity contribution in [1.29, 1.82) is 0 Å². The van der Waals surface area contributed by atoms with Crippen LogP contribution in [0, 0.1) is 0 Å². The van der Waals surface area contributed by atoms with Gasteiger partial charge in [-0.05, 0) is 61.9 Å². The van der Waals surface area contributed by atoms with Gasteiger partial charge in [-0.2, -0.15) is 0 Å². The van der Waals surface area contributed by atoms with Crippen LogP contribution in [0.4, 0.5) is 0 Å². The Morgan fingerprint density at radius 2 is 1.92 bits per heavy atom. The van der Waals surface area contributed by atoms with E-state index in [1.54, 1.807) is 12.1 Å². The lowest BCUT2D eigenvalue weighted by atomic mass is 9.95. The Labute approximate surface area is 153 Å². The second kappa shape index (κ2) is 7.24. The Morgan fingerprint density at radius 1 is 1.12 bits per heavy atom. The Kier molecular flexibility index (Phi) is 4.65. The SMILES string of the molecule is O=C(c1cc2ccccc2[nH]1)N1CCCC[C@H]1CCc1ccc(O)cc1. The van der Waals surface area contributed by atoms with E-state index in [0.29, 0.717) is 11.4 Å². The highest BCUT2D eigenvalue weighted by Crippen LogP contribution is 2.25. The first kappa shape index (κ1) is 16.7. The molecule has 2 N–H and O–H groups in total. The number of fused-ring (bicyclic) bond motifs is 1. The molecule has 134 valence electrons. The molecule has 4 rings (SSSR count). The summed E-state index contributed by atoms with van der Waals surface area (Å²) in [6.07, 6.45) is 5.18. The number of hydrogen-bond donors (Lipinski definition) is 2. The number of aromatic hydroxyl groups is 1. The number of aromatic amines is 1. The van der Waals surface area contributed by atoms with Gasteiger partial charge in [-0.25, -0.2) is 0 Å². The van der Waals surface area contributed by atoms with Gasteiger partial charge < -0.3 is 15.0 Å². The third-order valence-corrected chi connectivity index (χ3v) is 5.35. The van der Waals surface area contributed by atoms with Gasteiger partial charge in [-0.1, -0.05) is 30.3 Å². The van der Waals surface area contributed by atoms with Crippen molar-refractivity contribution in [3.63, 3.8) is 0 Å². The van der Waals surface area contributed by atoms with Crippen LogP contribution in [0.2, 0.25) is 0 Å². The summed E-state index contributed by atoms with van der Waals surface area (Å²) in [6.45, 7) is 0.828. The summed E-state index contributed by atoms with van der Waals surface area (Å²) in [5.74, 6) is 0.402. The van der Waals surface area contributed by atoms with Crippen molar-refractivity contribution in [2.75, 3.05) is 6.54 Å². The molecule has 1 aliphatic rings. The third kappa shape index (κ3) is 3.45. The van der Waals surface area contributed by atoms with E-state index in [0.717, 1.165) is 43.1 Å². The number of H-pyrrole nitrogens is 1. The first-order valence-corrected chi connectivity index (χ1v) is 9.37. The predicted molar refractivity (Wildman–Crippen MR) is 103 cm³/mol. The molecule has 1 aromatic heterocycles. The van der Waals surface area contributed by atoms with Gasteiger partial charge in [0.05, 0.1) is 0 Å². The minimum atomic E-state index is 0.108.